The molecule has 2 aliphatic rings. The molecule has 1 atom stereocenters. The van der Waals surface area contributed by atoms with Crippen LogP contribution < -0.4 is 15.5 Å². The smallest absolute Gasteiger partial charge is 0.255 e. The van der Waals surface area contributed by atoms with Gasteiger partial charge in [-0.3, -0.25) is 9.59 Å². The van der Waals surface area contributed by atoms with Crippen LogP contribution in [0.5, 0.6) is 0 Å². The molecule has 0 aliphatic carbocycles. The Labute approximate surface area is 191 Å². The average molecular weight is 486 g/mol. The molecular formula is C24H28BrN3O3. The lowest BCUT2D eigenvalue weighted by atomic mass is 10.1. The zero-order valence-electron chi connectivity index (χ0n) is 17.5. The average Bonchev–Trinajstić information content (AvgIpc) is 3.32. The summed E-state index contributed by atoms with van der Waals surface area (Å²) in [5.74, 6) is -0.334. The highest BCUT2D eigenvalue weighted by Crippen LogP contribution is 2.28. The highest BCUT2D eigenvalue weighted by molar-refractivity contribution is 9.10. The van der Waals surface area contributed by atoms with E-state index in [9.17, 15) is 9.59 Å². The normalized spacial score (nSPS) is 18.6. The number of hydrogen-bond acceptors (Lipinski definition) is 4. The number of hydrogen-bond donors (Lipinski definition) is 2. The fraction of sp³-hybridized carbons (Fsp3) is 0.417. The van der Waals surface area contributed by atoms with Crippen LogP contribution in [-0.4, -0.2) is 44.2 Å². The van der Waals surface area contributed by atoms with Crippen LogP contribution in [0.25, 0.3) is 0 Å². The van der Waals surface area contributed by atoms with Crippen molar-refractivity contribution in [3.63, 3.8) is 0 Å². The maximum atomic E-state index is 13.1. The van der Waals surface area contributed by atoms with Crippen molar-refractivity contribution in [1.82, 2.24) is 5.32 Å². The number of rotatable bonds is 6. The molecule has 0 aromatic heterocycles. The second-order valence-electron chi connectivity index (χ2n) is 8.09. The number of ether oxygens (including phenoxy) is 1. The second-order valence-corrected chi connectivity index (χ2v) is 9.00. The fourth-order valence-corrected chi connectivity index (χ4v) is 4.38. The molecule has 2 aliphatic heterocycles. The lowest BCUT2D eigenvalue weighted by molar-refractivity contribution is 0.0858. The van der Waals surface area contributed by atoms with Crippen molar-refractivity contribution < 1.29 is 14.3 Å². The van der Waals surface area contributed by atoms with E-state index in [-0.39, 0.29) is 17.9 Å². The molecule has 7 heteroatoms. The highest BCUT2D eigenvalue weighted by Gasteiger charge is 2.22. The Morgan fingerprint density at radius 3 is 2.48 bits per heavy atom. The maximum Gasteiger partial charge on any atom is 0.255 e. The predicted molar refractivity (Wildman–Crippen MR) is 126 cm³/mol. The van der Waals surface area contributed by atoms with E-state index in [1.807, 2.05) is 24.3 Å². The molecule has 0 spiro atoms. The summed E-state index contributed by atoms with van der Waals surface area (Å²) in [4.78, 5) is 28.0. The van der Waals surface area contributed by atoms with Crippen molar-refractivity contribution in [3.8, 4) is 0 Å². The zero-order valence-corrected chi connectivity index (χ0v) is 19.1. The van der Waals surface area contributed by atoms with Crippen LogP contribution in [0.4, 0.5) is 11.4 Å². The minimum atomic E-state index is -0.205. The van der Waals surface area contributed by atoms with Gasteiger partial charge in [0.15, 0.2) is 0 Å². The minimum absolute atomic E-state index is 0.0858. The third-order valence-electron chi connectivity index (χ3n) is 5.82. The topological polar surface area (TPSA) is 70.7 Å². The minimum Gasteiger partial charge on any atom is -0.376 e. The van der Waals surface area contributed by atoms with E-state index in [4.69, 9.17) is 4.74 Å². The molecule has 2 saturated heterocycles. The van der Waals surface area contributed by atoms with E-state index in [0.29, 0.717) is 23.4 Å². The molecule has 2 amide bonds. The molecule has 2 fully saturated rings. The summed E-state index contributed by atoms with van der Waals surface area (Å²) in [7, 11) is 0. The SMILES string of the molecule is O=C(Nc1ccc(N2CCCCC2)c(C(=O)NCC2CCCO2)c1)c1ccc(Br)cc1. The number of halogens is 1. The number of benzene rings is 2. The third-order valence-corrected chi connectivity index (χ3v) is 6.35. The van der Waals surface area contributed by atoms with Gasteiger partial charge in [0.1, 0.15) is 0 Å². The maximum absolute atomic E-state index is 13.1. The van der Waals surface area contributed by atoms with Crippen molar-refractivity contribution in [2.24, 2.45) is 0 Å². The Kier molecular flexibility index (Phi) is 7.25. The predicted octanol–water partition coefficient (Wildman–Crippen LogP) is 4.60. The Morgan fingerprint density at radius 1 is 1.00 bits per heavy atom. The lowest BCUT2D eigenvalue weighted by Crippen LogP contribution is -2.35. The molecule has 6 nitrogen and oxygen atoms in total. The zero-order chi connectivity index (χ0) is 21.6. The van der Waals surface area contributed by atoms with Crippen molar-refractivity contribution in [2.45, 2.75) is 38.2 Å². The van der Waals surface area contributed by atoms with Gasteiger partial charge < -0.3 is 20.3 Å². The number of anilines is 2. The first-order valence-corrected chi connectivity index (χ1v) is 11.8. The first-order chi connectivity index (χ1) is 15.1. The van der Waals surface area contributed by atoms with Crippen LogP contribution in [0.3, 0.4) is 0 Å². The molecule has 0 saturated carbocycles. The van der Waals surface area contributed by atoms with Gasteiger partial charge in [-0.15, -0.1) is 0 Å². The van der Waals surface area contributed by atoms with Gasteiger partial charge in [0, 0.05) is 47.7 Å². The Hall–Kier alpha value is -2.38. The van der Waals surface area contributed by atoms with E-state index in [1.165, 1.54) is 6.42 Å². The van der Waals surface area contributed by atoms with Gasteiger partial charge in [0.2, 0.25) is 0 Å². The van der Waals surface area contributed by atoms with Gasteiger partial charge in [-0.2, -0.15) is 0 Å². The standard InChI is InChI=1S/C24H28BrN3O3/c25-18-8-6-17(7-9-18)23(29)27-19-10-11-22(28-12-2-1-3-13-28)21(15-19)24(30)26-16-20-5-4-14-31-20/h6-11,15,20H,1-5,12-14,16H2,(H,26,30)(H,27,29). The van der Waals surface area contributed by atoms with Gasteiger partial charge in [0.05, 0.1) is 11.7 Å². The first kappa shape index (κ1) is 21.8. The van der Waals surface area contributed by atoms with E-state index in [2.05, 4.69) is 31.5 Å². The van der Waals surface area contributed by atoms with Crippen LogP contribution in [0.1, 0.15) is 52.8 Å². The number of amides is 2. The van der Waals surface area contributed by atoms with Gasteiger partial charge in [0.25, 0.3) is 11.8 Å². The number of carbonyl (C=O) groups excluding carboxylic acids is 2. The summed E-state index contributed by atoms with van der Waals surface area (Å²) in [5, 5.41) is 5.95. The van der Waals surface area contributed by atoms with Crippen molar-refractivity contribution in [2.75, 3.05) is 36.5 Å². The molecule has 2 heterocycles. The Bertz CT molecular complexity index is 920. The Morgan fingerprint density at radius 2 is 1.77 bits per heavy atom. The molecule has 31 heavy (non-hydrogen) atoms. The summed E-state index contributed by atoms with van der Waals surface area (Å²) >= 11 is 3.38. The summed E-state index contributed by atoms with van der Waals surface area (Å²) in [5.41, 5.74) is 2.68. The van der Waals surface area contributed by atoms with E-state index < -0.39 is 0 Å². The van der Waals surface area contributed by atoms with Crippen molar-refractivity contribution in [1.29, 1.82) is 0 Å². The second kappa shape index (κ2) is 10.3. The van der Waals surface area contributed by atoms with Crippen LogP contribution in [-0.2, 0) is 4.74 Å². The van der Waals surface area contributed by atoms with E-state index in [0.717, 1.165) is 55.5 Å². The van der Waals surface area contributed by atoms with E-state index >= 15 is 0 Å². The van der Waals surface area contributed by atoms with Gasteiger partial charge in [-0.1, -0.05) is 15.9 Å². The fourth-order valence-electron chi connectivity index (χ4n) is 4.12. The summed E-state index contributed by atoms with van der Waals surface area (Å²) in [6, 6.07) is 12.8. The summed E-state index contributed by atoms with van der Waals surface area (Å²) in [6.07, 6.45) is 5.57. The van der Waals surface area contributed by atoms with Gasteiger partial charge in [-0.25, -0.2) is 0 Å². The van der Waals surface area contributed by atoms with Crippen molar-refractivity contribution in [3.05, 3.63) is 58.1 Å². The molecule has 0 radical (unpaired) electrons. The van der Waals surface area contributed by atoms with E-state index in [1.54, 1.807) is 18.2 Å². The van der Waals surface area contributed by atoms with Gasteiger partial charge >= 0.3 is 0 Å². The lowest BCUT2D eigenvalue weighted by Gasteiger charge is -2.30. The molecule has 2 aromatic rings. The molecule has 4 rings (SSSR count). The quantitative estimate of drug-likeness (QED) is 0.626. The van der Waals surface area contributed by atoms with Crippen LogP contribution in [0, 0.1) is 0 Å². The van der Waals surface area contributed by atoms with Crippen LogP contribution in [0.15, 0.2) is 46.9 Å². The van der Waals surface area contributed by atoms with Crippen LogP contribution >= 0.6 is 15.9 Å². The van der Waals surface area contributed by atoms with Gasteiger partial charge in [-0.05, 0) is 74.6 Å². The number of carbonyl (C=O) groups is 2. The summed E-state index contributed by atoms with van der Waals surface area (Å²) < 4.78 is 6.55. The third kappa shape index (κ3) is 5.66. The molecule has 0 bridgehead atoms. The number of nitrogens with zero attached hydrogens (tertiary/aromatic N) is 1. The first-order valence-electron chi connectivity index (χ1n) is 11.0. The highest BCUT2D eigenvalue weighted by atomic mass is 79.9. The molecule has 2 aromatic carbocycles. The van der Waals surface area contributed by atoms with Crippen LogP contribution in [0.2, 0.25) is 0 Å². The summed E-state index contributed by atoms with van der Waals surface area (Å²) in [6.45, 7) is 3.15. The number of piperidine rings is 1. The molecule has 164 valence electrons. The molecule has 1 unspecified atom stereocenters. The number of nitrogens with one attached hydrogen (secondary N) is 2. The van der Waals surface area contributed by atoms with Crippen molar-refractivity contribution >= 4 is 39.1 Å². The largest absolute Gasteiger partial charge is 0.376 e. The molecular weight excluding hydrogens is 458 g/mol. The Balaban J connectivity index is 1.53. The molecule has 2 N–H and O–H groups in total. The monoisotopic (exact) mass is 485 g/mol.